The van der Waals surface area contributed by atoms with Crippen LogP contribution < -0.4 is 10.9 Å². The highest BCUT2D eigenvalue weighted by Gasteiger charge is 2.30. The van der Waals surface area contributed by atoms with Crippen LogP contribution in [0.25, 0.3) is 10.2 Å². The van der Waals surface area contributed by atoms with E-state index in [1.165, 1.54) is 22.2 Å². The summed E-state index contributed by atoms with van der Waals surface area (Å²) >= 11 is 9.37. The molecule has 1 N–H and O–H groups in total. The van der Waals surface area contributed by atoms with Crippen LogP contribution in [-0.4, -0.2) is 15.5 Å². The van der Waals surface area contributed by atoms with Gasteiger partial charge in [-0.1, -0.05) is 72.6 Å². The van der Waals surface area contributed by atoms with Gasteiger partial charge in [0.25, 0.3) is 5.56 Å². The molecule has 1 saturated carbocycles. The Morgan fingerprint density at radius 2 is 1.87 bits per heavy atom. The average molecular weight is 564 g/mol. The van der Waals surface area contributed by atoms with Gasteiger partial charge in [0.05, 0.1) is 5.39 Å². The Morgan fingerprint density at radius 1 is 1.11 bits per heavy atom. The zero-order valence-corrected chi connectivity index (χ0v) is 23.7. The molecule has 0 unspecified atom stereocenters. The number of aromatic nitrogens is 2. The van der Waals surface area contributed by atoms with E-state index in [0.717, 1.165) is 72.7 Å². The number of thioether (sulfide) groups is 1. The van der Waals surface area contributed by atoms with E-state index in [4.69, 9.17) is 16.6 Å². The Bertz CT molecular complexity index is 1560. The van der Waals surface area contributed by atoms with Crippen LogP contribution in [0.5, 0.6) is 0 Å². The summed E-state index contributed by atoms with van der Waals surface area (Å²) in [4.78, 5) is 35.1. The molecular formula is C30H30ClN3O2S2. The summed E-state index contributed by atoms with van der Waals surface area (Å²) in [5.74, 6) is -0.168. The second-order valence-corrected chi connectivity index (χ2v) is 12.8. The van der Waals surface area contributed by atoms with Crippen molar-refractivity contribution in [3.05, 3.63) is 85.5 Å². The first kappa shape index (κ1) is 25.7. The van der Waals surface area contributed by atoms with E-state index in [-0.39, 0.29) is 17.5 Å². The second-order valence-electron chi connectivity index (χ2n) is 10.3. The Morgan fingerprint density at radius 3 is 2.63 bits per heavy atom. The van der Waals surface area contributed by atoms with Crippen molar-refractivity contribution >= 4 is 56.5 Å². The van der Waals surface area contributed by atoms with Gasteiger partial charge in [0.2, 0.25) is 5.91 Å². The summed E-state index contributed by atoms with van der Waals surface area (Å²) in [5, 5.41) is 4.53. The van der Waals surface area contributed by atoms with Crippen LogP contribution in [0.1, 0.15) is 71.4 Å². The molecule has 4 aromatic rings. The third kappa shape index (κ3) is 4.92. The number of nitrogens with one attached hydrogen (secondary N) is 1. The van der Waals surface area contributed by atoms with Crippen molar-refractivity contribution in [3.8, 4) is 0 Å². The van der Waals surface area contributed by atoms with Gasteiger partial charge < -0.3 is 5.32 Å². The number of carbonyl (C=O) groups is 1. The van der Waals surface area contributed by atoms with Crippen LogP contribution in [0.4, 0.5) is 5.69 Å². The lowest BCUT2D eigenvalue weighted by atomic mass is 9.97. The van der Waals surface area contributed by atoms with Gasteiger partial charge in [-0.3, -0.25) is 14.2 Å². The third-order valence-corrected chi connectivity index (χ3v) is 10.5. The quantitative estimate of drug-likeness (QED) is 0.191. The summed E-state index contributed by atoms with van der Waals surface area (Å²) < 4.78 is 1.92. The van der Waals surface area contributed by atoms with Crippen LogP contribution in [0, 0.1) is 6.92 Å². The molecule has 0 aliphatic heterocycles. The number of nitrogens with zero attached hydrogens (tertiary/aromatic N) is 2. The van der Waals surface area contributed by atoms with E-state index >= 15 is 0 Å². The maximum absolute atomic E-state index is 14.1. The number of rotatable bonds is 6. The number of hydrogen-bond acceptors (Lipinski definition) is 5. The molecule has 196 valence electrons. The van der Waals surface area contributed by atoms with E-state index < -0.39 is 5.25 Å². The van der Waals surface area contributed by atoms with Crippen molar-refractivity contribution in [2.75, 3.05) is 5.32 Å². The number of hydrogen-bond donors (Lipinski definition) is 1. The van der Waals surface area contributed by atoms with Crippen molar-refractivity contribution in [1.82, 2.24) is 9.55 Å². The molecule has 2 heterocycles. The predicted octanol–water partition coefficient (Wildman–Crippen LogP) is 7.89. The highest BCUT2D eigenvalue weighted by atomic mass is 35.5. The maximum Gasteiger partial charge on any atom is 0.263 e. The van der Waals surface area contributed by atoms with Crippen molar-refractivity contribution in [1.29, 1.82) is 0 Å². The Kier molecular flexibility index (Phi) is 7.34. The molecule has 2 aromatic carbocycles. The Balaban J connectivity index is 1.44. The highest BCUT2D eigenvalue weighted by molar-refractivity contribution is 8.00. The van der Waals surface area contributed by atoms with Crippen LogP contribution in [0.2, 0.25) is 5.02 Å². The van der Waals surface area contributed by atoms with Gasteiger partial charge in [0.15, 0.2) is 5.16 Å². The van der Waals surface area contributed by atoms with E-state index in [0.29, 0.717) is 15.9 Å². The third-order valence-electron chi connectivity index (χ3n) is 7.68. The molecule has 6 rings (SSSR count). The van der Waals surface area contributed by atoms with Crippen LogP contribution in [0.3, 0.4) is 0 Å². The lowest BCUT2D eigenvalue weighted by Gasteiger charge is -2.22. The highest BCUT2D eigenvalue weighted by Crippen LogP contribution is 2.41. The monoisotopic (exact) mass is 563 g/mol. The average Bonchev–Trinajstić information content (AvgIpc) is 3.58. The molecule has 1 fully saturated rings. The number of anilines is 1. The van der Waals surface area contributed by atoms with Crippen LogP contribution >= 0.6 is 34.7 Å². The fraction of sp³-hybridized carbons (Fsp3) is 0.367. The van der Waals surface area contributed by atoms with E-state index in [1.54, 1.807) is 17.4 Å². The first-order chi connectivity index (χ1) is 18.5. The number of fused-ring (bicyclic) bond motifs is 3. The van der Waals surface area contributed by atoms with Gasteiger partial charge in [-0.15, -0.1) is 11.3 Å². The van der Waals surface area contributed by atoms with Crippen molar-refractivity contribution in [2.45, 2.75) is 74.7 Å². The molecule has 1 atom stereocenters. The summed E-state index contributed by atoms with van der Waals surface area (Å²) in [6.07, 6.45) is 8.42. The Hall–Kier alpha value is -2.61. The minimum atomic E-state index is -0.581. The molecule has 0 radical (unpaired) electrons. The molecule has 2 aliphatic rings. The molecule has 1 amide bonds. The first-order valence-corrected chi connectivity index (χ1v) is 15.4. The minimum Gasteiger partial charge on any atom is -0.325 e. The largest absolute Gasteiger partial charge is 0.325 e. The van der Waals surface area contributed by atoms with Gasteiger partial charge in [-0.2, -0.15) is 0 Å². The number of benzene rings is 2. The molecule has 0 bridgehead atoms. The van der Waals surface area contributed by atoms with Gasteiger partial charge in [0, 0.05) is 21.6 Å². The zero-order valence-electron chi connectivity index (χ0n) is 21.3. The fourth-order valence-corrected chi connectivity index (χ4v) is 8.30. The smallest absolute Gasteiger partial charge is 0.263 e. The van der Waals surface area contributed by atoms with Gasteiger partial charge in [-0.25, -0.2) is 4.98 Å². The standard InChI is InChI=1S/C30H30ClN3O2S2/c1-18-15-16-20(17-23(18)31)32-27(35)26(19-9-3-2-4-10-19)38-30-33-28-25(22-13-7-8-14-24(22)37-28)29(36)34(30)21-11-5-6-12-21/h2-4,9-10,15-17,21,26H,5-8,11-14H2,1H3,(H,32,35)/t26-/m0/s1. The van der Waals surface area contributed by atoms with E-state index in [2.05, 4.69) is 5.32 Å². The zero-order chi connectivity index (χ0) is 26.2. The topological polar surface area (TPSA) is 64.0 Å². The molecule has 38 heavy (non-hydrogen) atoms. The maximum atomic E-state index is 14.1. The molecule has 0 spiro atoms. The van der Waals surface area contributed by atoms with Gasteiger partial charge in [0.1, 0.15) is 10.1 Å². The number of carbonyl (C=O) groups excluding carboxylic acids is 1. The molecule has 2 aromatic heterocycles. The van der Waals surface area contributed by atoms with Crippen LogP contribution in [-0.2, 0) is 17.6 Å². The normalized spacial score (nSPS) is 16.5. The van der Waals surface area contributed by atoms with Crippen molar-refractivity contribution in [3.63, 3.8) is 0 Å². The van der Waals surface area contributed by atoms with Crippen LogP contribution in [0.15, 0.2) is 58.5 Å². The van der Waals surface area contributed by atoms with Gasteiger partial charge in [-0.05, 0) is 74.3 Å². The fourth-order valence-electron chi connectivity index (χ4n) is 5.65. The number of aryl methyl sites for hydroxylation is 3. The number of halogens is 1. The SMILES string of the molecule is Cc1ccc(NC(=O)[C@@H](Sc2nc3sc4c(c3c(=O)n2C2CCCC2)CCCC4)c2ccccc2)cc1Cl. The molecule has 5 nitrogen and oxygen atoms in total. The molecular weight excluding hydrogens is 534 g/mol. The minimum absolute atomic E-state index is 0.0707. The summed E-state index contributed by atoms with van der Waals surface area (Å²) in [5.41, 5.74) is 3.75. The number of thiophene rings is 1. The lowest BCUT2D eigenvalue weighted by Crippen LogP contribution is -2.28. The molecule has 0 saturated heterocycles. The Labute approximate surface area is 235 Å². The van der Waals surface area contributed by atoms with Gasteiger partial charge >= 0.3 is 0 Å². The molecule has 8 heteroatoms. The first-order valence-electron chi connectivity index (χ1n) is 13.3. The molecule has 2 aliphatic carbocycles. The number of amides is 1. The summed E-state index contributed by atoms with van der Waals surface area (Å²) in [6, 6.07) is 15.4. The predicted molar refractivity (Wildman–Crippen MR) is 158 cm³/mol. The van der Waals surface area contributed by atoms with Crippen molar-refractivity contribution < 1.29 is 4.79 Å². The van der Waals surface area contributed by atoms with E-state index in [9.17, 15) is 9.59 Å². The van der Waals surface area contributed by atoms with Crippen molar-refractivity contribution in [2.24, 2.45) is 0 Å². The summed E-state index contributed by atoms with van der Waals surface area (Å²) in [7, 11) is 0. The van der Waals surface area contributed by atoms with E-state index in [1.807, 2.05) is 54.0 Å². The second kappa shape index (κ2) is 10.9. The summed E-state index contributed by atoms with van der Waals surface area (Å²) in [6.45, 7) is 1.93. The lowest BCUT2D eigenvalue weighted by molar-refractivity contribution is -0.115.